The van der Waals surface area contributed by atoms with Gasteiger partial charge >= 0.3 is 0 Å². The summed E-state index contributed by atoms with van der Waals surface area (Å²) in [6.07, 6.45) is 0. The second-order valence-corrected chi connectivity index (χ2v) is 4.23. The Balaban J connectivity index is 3.36. The Morgan fingerprint density at radius 1 is 1.40 bits per heavy atom. The van der Waals surface area contributed by atoms with Gasteiger partial charge in [0.1, 0.15) is 5.60 Å². The van der Waals surface area contributed by atoms with Crippen molar-refractivity contribution >= 4 is 5.91 Å². The molecule has 0 atom stereocenters. The van der Waals surface area contributed by atoms with Crippen molar-refractivity contribution in [1.29, 1.82) is 0 Å². The van der Waals surface area contributed by atoms with E-state index in [1.807, 2.05) is 19.0 Å². The molecule has 0 radical (unpaired) electrons. The van der Waals surface area contributed by atoms with E-state index in [0.29, 0.717) is 19.8 Å². The van der Waals surface area contributed by atoms with Crippen molar-refractivity contribution in [3.8, 4) is 0 Å². The zero-order valence-electron chi connectivity index (χ0n) is 10.0. The van der Waals surface area contributed by atoms with Crippen molar-refractivity contribution in [2.75, 3.05) is 40.4 Å². The van der Waals surface area contributed by atoms with Gasteiger partial charge in [-0.1, -0.05) is 0 Å². The number of hydrogen-bond donors (Lipinski definition) is 2. The highest BCUT2D eigenvalue weighted by atomic mass is 16.5. The summed E-state index contributed by atoms with van der Waals surface area (Å²) in [6.45, 7) is 5.31. The molecular formula is C10H22N2O3. The third-order valence-electron chi connectivity index (χ3n) is 1.77. The van der Waals surface area contributed by atoms with Crippen molar-refractivity contribution in [2.45, 2.75) is 19.4 Å². The first-order valence-corrected chi connectivity index (χ1v) is 5.07. The van der Waals surface area contributed by atoms with E-state index in [0.717, 1.165) is 6.54 Å². The standard InChI is InChI=1S/C10H22N2O3/c1-10(2,14)9(13)11-5-7-15-8-6-12(3)4/h14H,5-8H2,1-4H3,(H,11,13). The number of amides is 1. The Hall–Kier alpha value is -0.650. The summed E-state index contributed by atoms with van der Waals surface area (Å²) < 4.78 is 5.27. The molecule has 90 valence electrons. The number of carbonyl (C=O) groups excluding carboxylic acids is 1. The summed E-state index contributed by atoms with van der Waals surface area (Å²) in [5.74, 6) is -0.376. The van der Waals surface area contributed by atoms with Crippen LogP contribution in [0, 0.1) is 0 Å². The average Bonchev–Trinajstić information content (AvgIpc) is 2.08. The maximum atomic E-state index is 11.2. The Labute approximate surface area is 91.4 Å². The third kappa shape index (κ3) is 8.35. The second kappa shape index (κ2) is 6.76. The van der Waals surface area contributed by atoms with Gasteiger partial charge in [-0.05, 0) is 27.9 Å². The van der Waals surface area contributed by atoms with Crippen molar-refractivity contribution in [2.24, 2.45) is 0 Å². The number of hydrogen-bond acceptors (Lipinski definition) is 4. The first kappa shape index (κ1) is 14.3. The van der Waals surface area contributed by atoms with Crippen molar-refractivity contribution in [1.82, 2.24) is 10.2 Å². The fourth-order valence-corrected chi connectivity index (χ4v) is 0.802. The molecule has 0 fully saturated rings. The topological polar surface area (TPSA) is 61.8 Å². The van der Waals surface area contributed by atoms with Gasteiger partial charge in [0.25, 0.3) is 5.91 Å². The Morgan fingerprint density at radius 2 is 2.00 bits per heavy atom. The van der Waals surface area contributed by atoms with Gasteiger partial charge in [0.05, 0.1) is 13.2 Å². The molecule has 0 aliphatic carbocycles. The Bertz CT molecular complexity index is 188. The highest BCUT2D eigenvalue weighted by molar-refractivity contribution is 5.83. The van der Waals surface area contributed by atoms with Crippen LogP contribution >= 0.6 is 0 Å². The summed E-state index contributed by atoms with van der Waals surface area (Å²) >= 11 is 0. The Morgan fingerprint density at radius 3 is 2.47 bits per heavy atom. The lowest BCUT2D eigenvalue weighted by molar-refractivity contribution is -0.136. The molecule has 0 aromatic heterocycles. The molecule has 5 heteroatoms. The van der Waals surface area contributed by atoms with Crippen LogP contribution in [0.3, 0.4) is 0 Å². The smallest absolute Gasteiger partial charge is 0.251 e. The van der Waals surface area contributed by atoms with Crippen LogP contribution in [0.1, 0.15) is 13.8 Å². The van der Waals surface area contributed by atoms with E-state index in [1.54, 1.807) is 0 Å². The predicted octanol–water partition coefficient (Wildman–Crippen LogP) is -0.548. The minimum Gasteiger partial charge on any atom is -0.381 e. The number of rotatable bonds is 7. The summed E-state index contributed by atoms with van der Waals surface area (Å²) in [5, 5.41) is 11.9. The molecule has 0 unspecified atom stereocenters. The highest BCUT2D eigenvalue weighted by Crippen LogP contribution is 1.98. The van der Waals surface area contributed by atoms with E-state index in [1.165, 1.54) is 13.8 Å². The van der Waals surface area contributed by atoms with E-state index >= 15 is 0 Å². The van der Waals surface area contributed by atoms with E-state index in [9.17, 15) is 9.90 Å². The molecule has 0 spiro atoms. The van der Waals surface area contributed by atoms with E-state index < -0.39 is 5.60 Å². The molecule has 0 rings (SSSR count). The molecule has 0 aromatic rings. The minimum atomic E-state index is -1.32. The van der Waals surface area contributed by atoms with Crippen LogP contribution in [0.5, 0.6) is 0 Å². The molecule has 0 aliphatic rings. The Kier molecular flexibility index (Phi) is 6.47. The summed E-state index contributed by atoms with van der Waals surface area (Å²) in [5.41, 5.74) is -1.32. The summed E-state index contributed by atoms with van der Waals surface area (Å²) in [6, 6.07) is 0. The van der Waals surface area contributed by atoms with Crippen molar-refractivity contribution in [3.05, 3.63) is 0 Å². The molecular weight excluding hydrogens is 196 g/mol. The summed E-state index contributed by atoms with van der Waals surface area (Å²) in [7, 11) is 3.94. The number of likely N-dealkylation sites (N-methyl/N-ethyl adjacent to an activating group) is 1. The number of aliphatic hydroxyl groups is 1. The summed E-state index contributed by atoms with van der Waals surface area (Å²) in [4.78, 5) is 13.2. The molecule has 0 saturated carbocycles. The first-order valence-electron chi connectivity index (χ1n) is 5.07. The quantitative estimate of drug-likeness (QED) is 0.563. The number of nitrogens with one attached hydrogen (secondary N) is 1. The zero-order valence-corrected chi connectivity index (χ0v) is 10.0. The van der Waals surface area contributed by atoms with Gasteiger partial charge in [0.15, 0.2) is 0 Å². The van der Waals surface area contributed by atoms with Crippen LogP contribution in [-0.2, 0) is 9.53 Å². The van der Waals surface area contributed by atoms with Crippen LogP contribution in [-0.4, -0.2) is 61.9 Å². The minimum absolute atomic E-state index is 0.376. The predicted molar refractivity (Wildman–Crippen MR) is 58.7 cm³/mol. The van der Waals surface area contributed by atoms with E-state index in [2.05, 4.69) is 5.32 Å². The maximum Gasteiger partial charge on any atom is 0.251 e. The molecule has 0 aromatic carbocycles. The molecule has 0 bridgehead atoms. The molecule has 0 saturated heterocycles. The van der Waals surface area contributed by atoms with Gasteiger partial charge in [-0.2, -0.15) is 0 Å². The van der Waals surface area contributed by atoms with Crippen molar-refractivity contribution in [3.63, 3.8) is 0 Å². The van der Waals surface area contributed by atoms with Crippen molar-refractivity contribution < 1.29 is 14.6 Å². The first-order chi connectivity index (χ1) is 6.84. The lowest BCUT2D eigenvalue weighted by Crippen LogP contribution is -2.43. The third-order valence-corrected chi connectivity index (χ3v) is 1.77. The van der Waals surface area contributed by atoms with Gasteiger partial charge in [0.2, 0.25) is 0 Å². The monoisotopic (exact) mass is 218 g/mol. The lowest BCUT2D eigenvalue weighted by atomic mass is 10.1. The second-order valence-electron chi connectivity index (χ2n) is 4.23. The molecule has 0 aliphatic heterocycles. The van der Waals surface area contributed by atoms with Gasteiger partial charge in [-0.3, -0.25) is 4.79 Å². The highest BCUT2D eigenvalue weighted by Gasteiger charge is 2.22. The zero-order chi connectivity index (χ0) is 11.9. The van der Waals surface area contributed by atoms with Crippen LogP contribution in [0.25, 0.3) is 0 Å². The van der Waals surface area contributed by atoms with Crippen LogP contribution < -0.4 is 5.32 Å². The number of nitrogens with zero attached hydrogens (tertiary/aromatic N) is 1. The molecule has 15 heavy (non-hydrogen) atoms. The normalized spacial score (nSPS) is 11.9. The average molecular weight is 218 g/mol. The van der Waals surface area contributed by atoms with Crippen LogP contribution in [0.4, 0.5) is 0 Å². The molecule has 0 heterocycles. The van der Waals surface area contributed by atoms with Gasteiger partial charge in [-0.15, -0.1) is 0 Å². The fraction of sp³-hybridized carbons (Fsp3) is 0.900. The molecule has 5 nitrogen and oxygen atoms in total. The lowest BCUT2D eigenvalue weighted by Gasteiger charge is -2.16. The largest absolute Gasteiger partial charge is 0.381 e. The molecule has 1 amide bonds. The van der Waals surface area contributed by atoms with Gasteiger partial charge < -0.3 is 20.1 Å². The van der Waals surface area contributed by atoms with Gasteiger partial charge in [-0.25, -0.2) is 0 Å². The van der Waals surface area contributed by atoms with Crippen LogP contribution in [0.2, 0.25) is 0 Å². The number of ether oxygens (including phenoxy) is 1. The van der Waals surface area contributed by atoms with E-state index in [4.69, 9.17) is 4.74 Å². The molecule has 2 N–H and O–H groups in total. The fourth-order valence-electron chi connectivity index (χ4n) is 0.802. The van der Waals surface area contributed by atoms with Gasteiger partial charge in [0, 0.05) is 13.1 Å². The SMILES string of the molecule is CN(C)CCOCCNC(=O)C(C)(C)O. The van der Waals surface area contributed by atoms with E-state index in [-0.39, 0.29) is 5.91 Å². The van der Waals surface area contributed by atoms with Crippen LogP contribution in [0.15, 0.2) is 0 Å². The maximum absolute atomic E-state index is 11.2. The number of carbonyl (C=O) groups is 1.